The molecule has 2 N–H and O–H groups in total. The molecule has 1 atom stereocenters. The molecular formula is C17H23NO2. The standard InChI is InChI=1S/C17H23NO2/c1-3-18-10-16-15-7-5-4-6-14(15)8-9-17(16)20-12-13(2)11-19/h4-9,13,18-19H,3,10-12H2,1-2H3. The molecule has 0 saturated heterocycles. The Bertz CT molecular complexity index is 554. The summed E-state index contributed by atoms with van der Waals surface area (Å²) in [5.41, 5.74) is 1.19. The van der Waals surface area contributed by atoms with Crippen molar-refractivity contribution in [1.82, 2.24) is 5.32 Å². The Morgan fingerprint density at radius 1 is 1.20 bits per heavy atom. The van der Waals surface area contributed by atoms with E-state index in [1.165, 1.54) is 16.3 Å². The second-order valence-electron chi connectivity index (χ2n) is 5.14. The highest BCUT2D eigenvalue weighted by atomic mass is 16.5. The van der Waals surface area contributed by atoms with Gasteiger partial charge in [-0.3, -0.25) is 0 Å². The van der Waals surface area contributed by atoms with Crippen molar-refractivity contribution in [2.24, 2.45) is 5.92 Å². The molecule has 2 aromatic rings. The SMILES string of the molecule is CCNCc1c(OCC(C)CO)ccc2ccccc12. The third kappa shape index (κ3) is 3.50. The first-order chi connectivity index (χ1) is 9.76. The number of benzene rings is 2. The van der Waals surface area contributed by atoms with Gasteiger partial charge in [0, 0.05) is 24.6 Å². The molecule has 0 bridgehead atoms. The lowest BCUT2D eigenvalue weighted by Crippen LogP contribution is -2.16. The van der Waals surface area contributed by atoms with Crippen molar-refractivity contribution in [2.45, 2.75) is 20.4 Å². The van der Waals surface area contributed by atoms with E-state index in [1.54, 1.807) is 0 Å². The van der Waals surface area contributed by atoms with Crippen molar-refractivity contribution in [3.05, 3.63) is 42.0 Å². The summed E-state index contributed by atoms with van der Waals surface area (Å²) >= 11 is 0. The Labute approximate surface area is 120 Å². The molecule has 3 nitrogen and oxygen atoms in total. The first-order valence-electron chi connectivity index (χ1n) is 7.21. The summed E-state index contributed by atoms with van der Waals surface area (Å²) < 4.78 is 5.89. The van der Waals surface area contributed by atoms with Crippen molar-refractivity contribution in [1.29, 1.82) is 0 Å². The molecule has 3 heteroatoms. The van der Waals surface area contributed by atoms with Crippen LogP contribution in [-0.2, 0) is 6.54 Å². The fourth-order valence-corrected chi connectivity index (χ4v) is 2.17. The van der Waals surface area contributed by atoms with E-state index in [0.29, 0.717) is 6.61 Å². The van der Waals surface area contributed by atoms with Gasteiger partial charge in [0.1, 0.15) is 5.75 Å². The van der Waals surface area contributed by atoms with Crippen molar-refractivity contribution in [3.8, 4) is 5.75 Å². The highest BCUT2D eigenvalue weighted by Crippen LogP contribution is 2.28. The number of rotatable bonds is 7. The van der Waals surface area contributed by atoms with Crippen LogP contribution in [0.2, 0.25) is 0 Å². The maximum absolute atomic E-state index is 9.10. The van der Waals surface area contributed by atoms with Crippen LogP contribution in [0, 0.1) is 5.92 Å². The predicted molar refractivity (Wildman–Crippen MR) is 83.1 cm³/mol. The molecule has 108 valence electrons. The van der Waals surface area contributed by atoms with Crippen molar-refractivity contribution < 1.29 is 9.84 Å². The van der Waals surface area contributed by atoms with Crippen molar-refractivity contribution in [2.75, 3.05) is 19.8 Å². The number of nitrogens with one attached hydrogen (secondary N) is 1. The molecule has 0 saturated carbocycles. The van der Waals surface area contributed by atoms with Gasteiger partial charge in [0.15, 0.2) is 0 Å². The van der Waals surface area contributed by atoms with E-state index in [9.17, 15) is 0 Å². The lowest BCUT2D eigenvalue weighted by Gasteiger charge is -2.16. The lowest BCUT2D eigenvalue weighted by atomic mass is 10.0. The quantitative estimate of drug-likeness (QED) is 0.815. The van der Waals surface area contributed by atoms with Gasteiger partial charge >= 0.3 is 0 Å². The third-order valence-corrected chi connectivity index (χ3v) is 3.38. The normalized spacial score (nSPS) is 12.6. The minimum atomic E-state index is 0.147. The van der Waals surface area contributed by atoms with Crippen molar-refractivity contribution in [3.63, 3.8) is 0 Å². The first-order valence-corrected chi connectivity index (χ1v) is 7.21. The Morgan fingerprint density at radius 2 is 2.00 bits per heavy atom. The number of fused-ring (bicyclic) bond motifs is 1. The molecule has 2 rings (SSSR count). The van der Waals surface area contributed by atoms with Crippen LogP contribution in [0.3, 0.4) is 0 Å². The number of hydrogen-bond donors (Lipinski definition) is 2. The third-order valence-electron chi connectivity index (χ3n) is 3.38. The highest BCUT2D eigenvalue weighted by Gasteiger charge is 2.10. The van der Waals surface area contributed by atoms with Crippen LogP contribution in [0.25, 0.3) is 10.8 Å². The van der Waals surface area contributed by atoms with Gasteiger partial charge in [0.25, 0.3) is 0 Å². The van der Waals surface area contributed by atoms with Gasteiger partial charge in [-0.25, -0.2) is 0 Å². The topological polar surface area (TPSA) is 41.5 Å². The molecule has 0 heterocycles. The summed E-state index contributed by atoms with van der Waals surface area (Å²) in [7, 11) is 0. The number of ether oxygens (including phenoxy) is 1. The van der Waals surface area contributed by atoms with Crippen LogP contribution in [0.4, 0.5) is 0 Å². The number of hydrogen-bond acceptors (Lipinski definition) is 3. The summed E-state index contributed by atoms with van der Waals surface area (Å²) in [4.78, 5) is 0. The molecule has 0 aliphatic heterocycles. The smallest absolute Gasteiger partial charge is 0.124 e. The Balaban J connectivity index is 2.31. The Morgan fingerprint density at radius 3 is 2.75 bits per heavy atom. The van der Waals surface area contributed by atoms with Gasteiger partial charge in [-0.2, -0.15) is 0 Å². The second kappa shape index (κ2) is 7.27. The zero-order chi connectivity index (χ0) is 14.4. The zero-order valence-corrected chi connectivity index (χ0v) is 12.2. The average molecular weight is 273 g/mol. The van der Waals surface area contributed by atoms with Gasteiger partial charge in [0.2, 0.25) is 0 Å². The summed E-state index contributed by atoms with van der Waals surface area (Å²) in [5.74, 6) is 1.05. The molecular weight excluding hydrogens is 250 g/mol. The molecule has 0 spiro atoms. The first kappa shape index (κ1) is 14.8. The van der Waals surface area contributed by atoms with Crippen molar-refractivity contribution >= 4 is 10.8 Å². The molecule has 0 fully saturated rings. The minimum Gasteiger partial charge on any atom is -0.493 e. The summed E-state index contributed by atoms with van der Waals surface area (Å²) in [6.45, 7) is 6.48. The molecule has 0 radical (unpaired) electrons. The summed E-state index contributed by atoms with van der Waals surface area (Å²) in [6, 6.07) is 12.5. The van der Waals surface area contributed by atoms with Gasteiger partial charge in [0.05, 0.1) is 6.61 Å². The molecule has 2 aromatic carbocycles. The van der Waals surface area contributed by atoms with Crippen LogP contribution in [0.1, 0.15) is 19.4 Å². The monoisotopic (exact) mass is 273 g/mol. The maximum Gasteiger partial charge on any atom is 0.124 e. The molecule has 0 aromatic heterocycles. The maximum atomic E-state index is 9.10. The minimum absolute atomic E-state index is 0.147. The van der Waals surface area contributed by atoms with E-state index in [2.05, 4.69) is 36.5 Å². The molecule has 1 unspecified atom stereocenters. The molecule has 0 amide bonds. The fraction of sp³-hybridized carbons (Fsp3) is 0.412. The van der Waals surface area contributed by atoms with Crippen LogP contribution < -0.4 is 10.1 Å². The summed E-state index contributed by atoms with van der Waals surface area (Å²) in [5, 5.41) is 14.9. The highest BCUT2D eigenvalue weighted by molar-refractivity contribution is 5.87. The Kier molecular flexibility index (Phi) is 5.39. The van der Waals surface area contributed by atoms with Crippen LogP contribution in [0.15, 0.2) is 36.4 Å². The van der Waals surface area contributed by atoms with E-state index in [4.69, 9.17) is 9.84 Å². The molecule has 20 heavy (non-hydrogen) atoms. The van der Waals surface area contributed by atoms with Gasteiger partial charge in [-0.1, -0.05) is 44.2 Å². The van der Waals surface area contributed by atoms with E-state index >= 15 is 0 Å². The predicted octanol–water partition coefficient (Wildman–Crippen LogP) is 2.96. The van der Waals surface area contributed by atoms with E-state index < -0.39 is 0 Å². The average Bonchev–Trinajstić information content (AvgIpc) is 2.50. The summed E-state index contributed by atoms with van der Waals surface area (Å²) in [6.07, 6.45) is 0. The zero-order valence-electron chi connectivity index (χ0n) is 12.2. The van der Waals surface area contributed by atoms with Crippen LogP contribution >= 0.6 is 0 Å². The van der Waals surface area contributed by atoms with Crippen LogP contribution in [0.5, 0.6) is 5.75 Å². The van der Waals surface area contributed by atoms with Crippen LogP contribution in [-0.4, -0.2) is 24.9 Å². The molecule has 0 aliphatic rings. The second-order valence-corrected chi connectivity index (χ2v) is 5.14. The van der Waals surface area contributed by atoms with E-state index in [-0.39, 0.29) is 12.5 Å². The molecule has 0 aliphatic carbocycles. The van der Waals surface area contributed by atoms with E-state index in [1.807, 2.05) is 19.1 Å². The number of aliphatic hydroxyl groups is 1. The van der Waals surface area contributed by atoms with Gasteiger partial charge < -0.3 is 15.2 Å². The fourth-order valence-electron chi connectivity index (χ4n) is 2.17. The number of aliphatic hydroxyl groups excluding tert-OH is 1. The van der Waals surface area contributed by atoms with E-state index in [0.717, 1.165) is 18.8 Å². The lowest BCUT2D eigenvalue weighted by molar-refractivity contribution is 0.173. The van der Waals surface area contributed by atoms with Gasteiger partial charge in [-0.05, 0) is 23.4 Å². The largest absolute Gasteiger partial charge is 0.493 e. The Hall–Kier alpha value is -1.58. The van der Waals surface area contributed by atoms with Gasteiger partial charge in [-0.15, -0.1) is 0 Å².